The van der Waals surface area contributed by atoms with Gasteiger partial charge in [0.1, 0.15) is 6.54 Å². The molecule has 1 aromatic rings. The third kappa shape index (κ3) is 6.10. The van der Waals surface area contributed by atoms with Gasteiger partial charge in [-0.3, -0.25) is 4.79 Å². The summed E-state index contributed by atoms with van der Waals surface area (Å²) in [5.74, 6) is -0.604. The molecule has 116 valence electrons. The number of ether oxygens (including phenoxy) is 1. The van der Waals surface area contributed by atoms with E-state index < -0.39 is 16.0 Å². The van der Waals surface area contributed by atoms with Gasteiger partial charge < -0.3 is 4.74 Å². The van der Waals surface area contributed by atoms with Crippen LogP contribution in [0.4, 0.5) is 0 Å². The highest BCUT2D eigenvalue weighted by molar-refractivity contribution is 7.89. The van der Waals surface area contributed by atoms with Gasteiger partial charge >= 0.3 is 5.97 Å². The van der Waals surface area contributed by atoms with Crippen molar-refractivity contribution in [2.24, 2.45) is 0 Å². The van der Waals surface area contributed by atoms with Crippen molar-refractivity contribution < 1.29 is 17.9 Å². The van der Waals surface area contributed by atoms with Crippen LogP contribution < -0.4 is 0 Å². The van der Waals surface area contributed by atoms with E-state index in [9.17, 15) is 13.2 Å². The van der Waals surface area contributed by atoms with Gasteiger partial charge in [0.15, 0.2) is 0 Å². The molecule has 0 aliphatic carbocycles. The van der Waals surface area contributed by atoms with E-state index in [0.717, 1.165) is 9.87 Å². The highest BCUT2D eigenvalue weighted by Crippen LogP contribution is 2.07. The molecule has 1 aromatic carbocycles. The summed E-state index contributed by atoms with van der Waals surface area (Å²) in [5.41, 5.74) is 0.941. The van der Waals surface area contributed by atoms with Crippen molar-refractivity contribution in [3.05, 3.63) is 48.6 Å². The van der Waals surface area contributed by atoms with Crippen LogP contribution in [-0.2, 0) is 26.0 Å². The van der Waals surface area contributed by atoms with Gasteiger partial charge in [-0.05, 0) is 18.9 Å². The van der Waals surface area contributed by atoms with Gasteiger partial charge in [0, 0.05) is 6.54 Å². The van der Waals surface area contributed by atoms with E-state index in [1.54, 1.807) is 6.92 Å². The van der Waals surface area contributed by atoms with E-state index in [0.29, 0.717) is 6.42 Å². The van der Waals surface area contributed by atoms with Crippen molar-refractivity contribution in [1.29, 1.82) is 0 Å². The SMILES string of the molecule is C=CCN(CC(=O)OCC)S(=O)(=O)CCc1ccccc1. The summed E-state index contributed by atoms with van der Waals surface area (Å²) in [7, 11) is -3.53. The molecule has 0 amide bonds. The molecule has 0 bridgehead atoms. The molecule has 0 heterocycles. The van der Waals surface area contributed by atoms with Gasteiger partial charge in [-0.25, -0.2) is 8.42 Å². The number of aryl methyl sites for hydroxylation is 1. The molecule has 0 fully saturated rings. The van der Waals surface area contributed by atoms with Crippen LogP contribution in [0.2, 0.25) is 0 Å². The first-order chi connectivity index (χ1) is 9.99. The van der Waals surface area contributed by atoms with Crippen molar-refractivity contribution in [2.75, 3.05) is 25.4 Å². The van der Waals surface area contributed by atoms with E-state index in [1.165, 1.54) is 6.08 Å². The molecule has 0 N–H and O–H groups in total. The second-order valence-electron chi connectivity index (χ2n) is 4.44. The van der Waals surface area contributed by atoms with Crippen LogP contribution in [-0.4, -0.2) is 44.1 Å². The van der Waals surface area contributed by atoms with E-state index >= 15 is 0 Å². The molecule has 21 heavy (non-hydrogen) atoms. The average molecular weight is 311 g/mol. The van der Waals surface area contributed by atoms with Gasteiger partial charge in [-0.15, -0.1) is 6.58 Å². The van der Waals surface area contributed by atoms with Crippen molar-refractivity contribution in [3.8, 4) is 0 Å². The molecule has 0 saturated heterocycles. The first-order valence-electron chi connectivity index (χ1n) is 6.78. The Bertz CT molecular complexity index is 554. The molecule has 0 spiro atoms. The number of esters is 1. The van der Waals surface area contributed by atoms with E-state index in [1.807, 2.05) is 30.3 Å². The summed E-state index contributed by atoms with van der Waals surface area (Å²) in [5, 5.41) is 0. The first-order valence-corrected chi connectivity index (χ1v) is 8.38. The number of sulfonamides is 1. The molecule has 0 saturated carbocycles. The molecule has 0 unspecified atom stereocenters. The van der Waals surface area contributed by atoms with Gasteiger partial charge in [0.25, 0.3) is 0 Å². The summed E-state index contributed by atoms with van der Waals surface area (Å²) >= 11 is 0. The lowest BCUT2D eigenvalue weighted by molar-refractivity contribution is -0.143. The number of hydrogen-bond acceptors (Lipinski definition) is 4. The molecular formula is C15H21NO4S. The standard InChI is InChI=1S/C15H21NO4S/c1-3-11-16(13-15(17)20-4-2)21(18,19)12-10-14-8-6-5-7-9-14/h3,5-9H,1,4,10-13H2,2H3. The fourth-order valence-corrected chi connectivity index (χ4v) is 3.18. The minimum Gasteiger partial charge on any atom is -0.465 e. The summed E-state index contributed by atoms with van der Waals surface area (Å²) in [6, 6.07) is 9.35. The molecule has 0 aliphatic heterocycles. The topological polar surface area (TPSA) is 63.7 Å². The fraction of sp³-hybridized carbons (Fsp3) is 0.400. The molecule has 0 atom stereocenters. The highest BCUT2D eigenvalue weighted by Gasteiger charge is 2.23. The zero-order valence-electron chi connectivity index (χ0n) is 12.2. The van der Waals surface area contributed by atoms with Crippen molar-refractivity contribution in [1.82, 2.24) is 4.31 Å². The van der Waals surface area contributed by atoms with E-state index in [2.05, 4.69) is 6.58 Å². The Labute approximate surface area is 126 Å². The van der Waals surface area contributed by atoms with Crippen molar-refractivity contribution in [3.63, 3.8) is 0 Å². The summed E-state index contributed by atoms with van der Waals surface area (Å²) in [4.78, 5) is 11.5. The Morgan fingerprint density at radius 3 is 2.57 bits per heavy atom. The van der Waals surface area contributed by atoms with E-state index in [4.69, 9.17) is 4.74 Å². The van der Waals surface area contributed by atoms with Crippen LogP contribution in [0.25, 0.3) is 0 Å². The van der Waals surface area contributed by atoms with Crippen LogP contribution in [0.3, 0.4) is 0 Å². The molecule has 6 heteroatoms. The molecule has 0 aliphatic rings. The minimum atomic E-state index is -3.53. The molecular weight excluding hydrogens is 290 g/mol. The summed E-state index contributed by atoms with van der Waals surface area (Å²) in [6.07, 6.45) is 1.86. The Kier molecular flexibility index (Phi) is 7.11. The Balaban J connectivity index is 2.70. The third-order valence-electron chi connectivity index (χ3n) is 2.83. The maximum absolute atomic E-state index is 12.3. The zero-order chi connectivity index (χ0) is 15.7. The maximum atomic E-state index is 12.3. The number of benzene rings is 1. The Hall–Kier alpha value is -1.66. The van der Waals surface area contributed by atoms with Crippen LogP contribution in [0, 0.1) is 0 Å². The number of carbonyl (C=O) groups excluding carboxylic acids is 1. The second kappa shape index (κ2) is 8.59. The highest BCUT2D eigenvalue weighted by atomic mass is 32.2. The van der Waals surface area contributed by atoms with Gasteiger partial charge in [0.05, 0.1) is 12.4 Å². The molecule has 0 radical (unpaired) electrons. The lowest BCUT2D eigenvalue weighted by atomic mass is 10.2. The molecule has 1 rings (SSSR count). The van der Waals surface area contributed by atoms with Crippen LogP contribution in [0.1, 0.15) is 12.5 Å². The Morgan fingerprint density at radius 1 is 1.33 bits per heavy atom. The smallest absolute Gasteiger partial charge is 0.321 e. The van der Waals surface area contributed by atoms with Gasteiger partial charge in [-0.2, -0.15) is 4.31 Å². The number of carbonyl (C=O) groups is 1. The van der Waals surface area contributed by atoms with Crippen LogP contribution in [0.15, 0.2) is 43.0 Å². The predicted octanol–water partition coefficient (Wildman–Crippen LogP) is 1.61. The second-order valence-corrected chi connectivity index (χ2v) is 6.53. The molecule has 5 nitrogen and oxygen atoms in total. The monoisotopic (exact) mass is 311 g/mol. The summed E-state index contributed by atoms with van der Waals surface area (Å²) in [6.45, 7) is 5.25. The largest absolute Gasteiger partial charge is 0.465 e. The third-order valence-corrected chi connectivity index (χ3v) is 4.61. The Morgan fingerprint density at radius 2 is 2.00 bits per heavy atom. The minimum absolute atomic E-state index is 0.0513. The fourth-order valence-electron chi connectivity index (χ4n) is 1.79. The van der Waals surface area contributed by atoms with Crippen LogP contribution >= 0.6 is 0 Å². The van der Waals surface area contributed by atoms with E-state index in [-0.39, 0.29) is 25.4 Å². The lowest BCUT2D eigenvalue weighted by Gasteiger charge is -2.19. The van der Waals surface area contributed by atoms with Crippen molar-refractivity contribution >= 4 is 16.0 Å². The van der Waals surface area contributed by atoms with Crippen LogP contribution in [0.5, 0.6) is 0 Å². The van der Waals surface area contributed by atoms with Crippen molar-refractivity contribution in [2.45, 2.75) is 13.3 Å². The average Bonchev–Trinajstić information content (AvgIpc) is 2.46. The maximum Gasteiger partial charge on any atom is 0.321 e. The lowest BCUT2D eigenvalue weighted by Crippen LogP contribution is -2.38. The predicted molar refractivity (Wildman–Crippen MR) is 82.3 cm³/mol. The first kappa shape index (κ1) is 17.4. The van der Waals surface area contributed by atoms with Gasteiger partial charge in [-0.1, -0.05) is 36.4 Å². The normalized spacial score (nSPS) is 11.3. The number of rotatable bonds is 9. The van der Waals surface area contributed by atoms with Gasteiger partial charge in [0.2, 0.25) is 10.0 Å². The zero-order valence-corrected chi connectivity index (χ0v) is 13.0. The molecule has 0 aromatic heterocycles. The number of nitrogens with zero attached hydrogens (tertiary/aromatic N) is 1. The quantitative estimate of drug-likeness (QED) is 0.513. The number of hydrogen-bond donors (Lipinski definition) is 0. The summed E-state index contributed by atoms with van der Waals surface area (Å²) < 4.78 is 30.5.